The van der Waals surface area contributed by atoms with Crippen molar-refractivity contribution in [3.63, 3.8) is 0 Å². The van der Waals surface area contributed by atoms with Crippen LogP contribution in [0.3, 0.4) is 0 Å². The van der Waals surface area contributed by atoms with Crippen LogP contribution in [0.5, 0.6) is 0 Å². The van der Waals surface area contributed by atoms with E-state index in [9.17, 15) is 39.6 Å². The summed E-state index contributed by atoms with van der Waals surface area (Å²) < 4.78 is 0. The van der Waals surface area contributed by atoms with Crippen LogP contribution in [0.2, 0.25) is 0 Å². The molecule has 10 nitrogen and oxygen atoms in total. The number of hydrogen-bond acceptors (Lipinski definition) is 10. The van der Waals surface area contributed by atoms with Gasteiger partial charge in [0.25, 0.3) is 0 Å². The molecule has 0 saturated carbocycles. The van der Waals surface area contributed by atoms with Gasteiger partial charge >= 0.3 is 118 Å². The fourth-order valence-electron chi connectivity index (χ4n) is 1.62. The average molecular weight is 438 g/mol. The van der Waals surface area contributed by atoms with E-state index < -0.39 is 36.0 Å². The largest absolute Gasteiger partial charge is 1.00 e. The molecule has 0 amide bonds. The Bertz CT molecular complexity index is 392. The van der Waals surface area contributed by atoms with Gasteiger partial charge in [0.15, 0.2) is 0 Å². The Morgan fingerprint density at radius 2 is 0.893 bits per heavy atom. The summed E-state index contributed by atoms with van der Waals surface area (Å²) in [6.45, 7) is 4.39. The maximum Gasteiger partial charge on any atom is 1.00 e. The van der Waals surface area contributed by atoms with Crippen molar-refractivity contribution in [1.29, 1.82) is 0 Å². The fourth-order valence-corrected chi connectivity index (χ4v) is 1.62. The molecule has 2 atom stereocenters. The van der Waals surface area contributed by atoms with Crippen molar-refractivity contribution in [3.05, 3.63) is 0 Å². The summed E-state index contributed by atoms with van der Waals surface area (Å²) in [5.74, 6) is -5.06. The van der Waals surface area contributed by atoms with Crippen LogP contribution in [-0.2, 0) is 19.2 Å². The first-order valence-corrected chi connectivity index (χ1v) is 7.43. The van der Waals surface area contributed by atoms with E-state index in [1.165, 1.54) is 0 Å². The molecule has 0 rings (SSSR count). The molecule has 0 unspecified atom stereocenters. The molecule has 0 aromatic heterocycles. The summed E-state index contributed by atoms with van der Waals surface area (Å²) >= 11 is 0. The smallest absolute Gasteiger partial charge is 0.550 e. The van der Waals surface area contributed by atoms with Gasteiger partial charge in [-0.3, -0.25) is 0 Å². The number of carboxylic acid groups (broad SMARTS) is 4. The van der Waals surface area contributed by atoms with Gasteiger partial charge in [0.1, 0.15) is 0 Å². The molecule has 28 heavy (non-hydrogen) atoms. The Morgan fingerprint density at radius 3 is 1.04 bits per heavy atom. The van der Waals surface area contributed by atoms with Gasteiger partial charge < -0.3 is 50.2 Å². The molecule has 0 saturated heterocycles. The van der Waals surface area contributed by atoms with Gasteiger partial charge in [-0.15, -0.1) is 0 Å². The average Bonchev–Trinajstić information content (AvgIpc) is 2.47. The van der Waals surface area contributed by atoms with Crippen LogP contribution in [-0.4, -0.2) is 49.1 Å². The fraction of sp³-hybridized carbons (Fsp3) is 0.714. The molecule has 0 aliphatic carbocycles. The molecule has 2 N–H and O–H groups in total. The van der Waals surface area contributed by atoms with Crippen molar-refractivity contribution < 1.29 is 158 Å². The van der Waals surface area contributed by atoms with Gasteiger partial charge in [0.05, 0.1) is 11.9 Å². The molecule has 0 spiro atoms. The van der Waals surface area contributed by atoms with Crippen LogP contribution in [0.1, 0.15) is 39.5 Å². The Balaban J connectivity index is -0.0000000756. The van der Waals surface area contributed by atoms with Gasteiger partial charge in [-0.2, -0.15) is 0 Å². The number of hydrogen-bond donors (Lipinski definition) is 2. The van der Waals surface area contributed by atoms with Crippen LogP contribution in [0.15, 0.2) is 0 Å². The van der Waals surface area contributed by atoms with Crippen molar-refractivity contribution in [3.8, 4) is 0 Å². The maximum absolute atomic E-state index is 10.3. The van der Waals surface area contributed by atoms with Crippen molar-refractivity contribution >= 4 is 23.9 Å². The maximum atomic E-state index is 10.3. The molecule has 0 bridgehead atoms. The molecule has 0 aromatic carbocycles. The summed E-state index contributed by atoms with van der Waals surface area (Å²) in [6, 6.07) is -1.79. The molecule has 0 heterocycles. The minimum atomic E-state index is -1.28. The Morgan fingerprint density at radius 1 is 0.643 bits per heavy atom. The Kier molecular flexibility index (Phi) is 44.9. The monoisotopic (exact) mass is 438 g/mol. The molecule has 0 aliphatic heterocycles. The molecular formula is C14H22N2Na4O8. The minimum absolute atomic E-state index is 0. The summed E-state index contributed by atoms with van der Waals surface area (Å²) in [4.78, 5) is 40.6. The summed E-state index contributed by atoms with van der Waals surface area (Å²) in [6.07, 6.45) is -0.547. The molecule has 0 aromatic rings. The number of aliphatic carboxylic acids is 4. The first-order chi connectivity index (χ1) is 11.1. The van der Waals surface area contributed by atoms with Crippen molar-refractivity contribution in [1.82, 2.24) is 10.6 Å². The van der Waals surface area contributed by atoms with Gasteiger partial charge in [0, 0.05) is 24.0 Å². The zero-order valence-corrected chi connectivity index (χ0v) is 25.7. The number of likely N-dealkylation sites (N-methyl/N-ethyl adjacent to an activating group) is 2. The second-order valence-corrected chi connectivity index (χ2v) is 4.68. The normalized spacial score (nSPS) is 10.6. The quantitative estimate of drug-likeness (QED) is 0.277. The summed E-state index contributed by atoms with van der Waals surface area (Å²) in [7, 11) is 0. The van der Waals surface area contributed by atoms with E-state index in [-0.39, 0.29) is 144 Å². The Labute approximate surface area is 253 Å². The van der Waals surface area contributed by atoms with Gasteiger partial charge in [0.2, 0.25) is 0 Å². The summed E-state index contributed by atoms with van der Waals surface area (Å²) in [5, 5.41) is 45.8. The number of carboxylic acids is 4. The Hall–Kier alpha value is 1.80. The van der Waals surface area contributed by atoms with Crippen molar-refractivity contribution in [2.45, 2.75) is 51.6 Å². The van der Waals surface area contributed by atoms with E-state index in [0.29, 0.717) is 13.1 Å². The first-order valence-electron chi connectivity index (χ1n) is 7.43. The topological polar surface area (TPSA) is 185 Å². The summed E-state index contributed by atoms with van der Waals surface area (Å²) in [5.41, 5.74) is 0. The molecule has 140 valence electrons. The van der Waals surface area contributed by atoms with E-state index in [1.807, 2.05) is 0 Å². The number of nitrogens with one attached hydrogen (secondary N) is 2. The zero-order chi connectivity index (χ0) is 19.1. The molecule has 0 radical (unpaired) electrons. The van der Waals surface area contributed by atoms with Crippen molar-refractivity contribution in [2.75, 3.05) is 13.1 Å². The third-order valence-electron chi connectivity index (χ3n) is 2.74. The molecule has 14 heteroatoms. The third kappa shape index (κ3) is 30.0. The predicted molar refractivity (Wildman–Crippen MR) is 73.4 cm³/mol. The minimum Gasteiger partial charge on any atom is -0.550 e. The van der Waals surface area contributed by atoms with Crippen LogP contribution in [0.25, 0.3) is 0 Å². The molecule has 0 fully saturated rings. The van der Waals surface area contributed by atoms with Crippen molar-refractivity contribution in [2.24, 2.45) is 0 Å². The van der Waals surface area contributed by atoms with Crippen LogP contribution in [0, 0.1) is 0 Å². The standard InChI is InChI=1S/2C7H13NO4.4Na/c2*1-2-8-5(7(11)12)3-4-6(9)10;;;;/h2*5,8H,2-4H2,1H3,(H,9,10)(H,11,12);;;;/q;;4*+1/p-4/t2*5-;;;;/m00..../s1. The number of carbonyl (C=O) groups excluding carboxylic acids is 4. The van der Waals surface area contributed by atoms with E-state index in [2.05, 4.69) is 10.6 Å². The predicted octanol–water partition coefficient (Wildman–Crippen LogP) is -17.5. The van der Waals surface area contributed by atoms with E-state index in [4.69, 9.17) is 0 Å². The van der Waals surface area contributed by atoms with E-state index >= 15 is 0 Å². The van der Waals surface area contributed by atoms with Crippen LogP contribution in [0.4, 0.5) is 0 Å². The third-order valence-corrected chi connectivity index (χ3v) is 2.74. The zero-order valence-electron chi connectivity index (χ0n) is 17.7. The van der Waals surface area contributed by atoms with Gasteiger partial charge in [-0.05, 0) is 38.8 Å². The van der Waals surface area contributed by atoms with Crippen LogP contribution < -0.4 is 149 Å². The number of rotatable bonds is 12. The van der Waals surface area contributed by atoms with E-state index in [0.717, 1.165) is 0 Å². The molecular weight excluding hydrogens is 416 g/mol. The molecule has 0 aliphatic rings. The van der Waals surface area contributed by atoms with Crippen LogP contribution >= 0.6 is 0 Å². The van der Waals surface area contributed by atoms with Gasteiger partial charge in [-0.1, -0.05) is 13.8 Å². The first kappa shape index (κ1) is 43.6. The second kappa shape index (κ2) is 28.8. The van der Waals surface area contributed by atoms with E-state index in [1.54, 1.807) is 13.8 Å². The SMILES string of the molecule is CCN[C@@H](CCC(=O)[O-])C(=O)[O-].CCN[C@@H](CCC(=O)[O-])C(=O)[O-].[Na+].[Na+].[Na+].[Na+]. The van der Waals surface area contributed by atoms with Gasteiger partial charge in [-0.25, -0.2) is 0 Å². The second-order valence-electron chi connectivity index (χ2n) is 4.68. The number of carbonyl (C=O) groups is 4.